The largest absolute Gasteiger partial charge is 0.396 e. The molecule has 4 nitrogen and oxygen atoms in total. The molecular weight excluding hydrogens is 228 g/mol. The van der Waals surface area contributed by atoms with Gasteiger partial charge in [0, 0.05) is 32.3 Å². The first-order chi connectivity index (χ1) is 8.69. The topological polar surface area (TPSA) is 52.6 Å². The first kappa shape index (κ1) is 13.1. The Hall–Kier alpha value is -1.39. The molecule has 0 spiro atoms. The molecule has 1 heterocycles. The van der Waals surface area contributed by atoms with Gasteiger partial charge in [0.15, 0.2) is 0 Å². The van der Waals surface area contributed by atoms with E-state index >= 15 is 0 Å². The summed E-state index contributed by atoms with van der Waals surface area (Å²) >= 11 is 0. The number of hydrogen-bond acceptors (Lipinski definition) is 3. The van der Waals surface area contributed by atoms with Crippen molar-refractivity contribution in [2.75, 3.05) is 25.0 Å². The predicted molar refractivity (Wildman–Crippen MR) is 71.2 cm³/mol. The summed E-state index contributed by atoms with van der Waals surface area (Å²) in [5.74, 6) is 0.357. The minimum absolute atomic E-state index is 0.0443. The molecule has 4 heteroatoms. The van der Waals surface area contributed by atoms with Crippen molar-refractivity contribution in [2.45, 2.75) is 19.9 Å². The van der Waals surface area contributed by atoms with Gasteiger partial charge >= 0.3 is 0 Å². The number of carbonyl (C=O) groups is 1. The number of nitrogens with one attached hydrogen (secondary N) is 1. The third kappa shape index (κ3) is 3.31. The van der Waals surface area contributed by atoms with Crippen molar-refractivity contribution < 1.29 is 9.90 Å². The molecule has 1 saturated heterocycles. The van der Waals surface area contributed by atoms with Gasteiger partial charge in [-0.25, -0.2) is 0 Å². The van der Waals surface area contributed by atoms with Crippen LogP contribution in [0, 0.1) is 5.92 Å². The molecule has 1 aliphatic heterocycles. The van der Waals surface area contributed by atoms with Gasteiger partial charge in [-0.3, -0.25) is 9.69 Å². The lowest BCUT2D eigenvalue weighted by molar-refractivity contribution is -0.114. The van der Waals surface area contributed by atoms with Gasteiger partial charge in [-0.1, -0.05) is 18.2 Å². The minimum atomic E-state index is -0.0443. The molecule has 2 rings (SSSR count). The van der Waals surface area contributed by atoms with E-state index in [2.05, 4.69) is 10.2 Å². The number of aliphatic hydroxyl groups is 1. The standard InChI is InChI=1S/C14H20N2O2/c1-11(18)15-14-5-3-2-4-13(14)9-16-7-6-12(8-16)10-17/h2-5,12,17H,6-10H2,1H3,(H,15,18). The summed E-state index contributed by atoms with van der Waals surface area (Å²) in [7, 11) is 0. The maximum Gasteiger partial charge on any atom is 0.221 e. The van der Waals surface area contributed by atoms with E-state index in [1.807, 2.05) is 24.3 Å². The van der Waals surface area contributed by atoms with Crippen molar-refractivity contribution in [1.29, 1.82) is 0 Å². The maximum atomic E-state index is 11.1. The Morgan fingerprint density at radius 1 is 1.50 bits per heavy atom. The Balaban J connectivity index is 2.02. The number of para-hydroxylation sites is 1. The lowest BCUT2D eigenvalue weighted by atomic mass is 10.1. The van der Waals surface area contributed by atoms with Crippen molar-refractivity contribution in [3.8, 4) is 0 Å². The monoisotopic (exact) mass is 248 g/mol. The molecule has 1 amide bonds. The highest BCUT2D eigenvalue weighted by molar-refractivity contribution is 5.89. The van der Waals surface area contributed by atoms with Crippen molar-refractivity contribution in [2.24, 2.45) is 5.92 Å². The van der Waals surface area contributed by atoms with Crippen LogP contribution in [0.15, 0.2) is 24.3 Å². The normalized spacial score (nSPS) is 20.0. The van der Waals surface area contributed by atoms with Crippen LogP contribution in [0.1, 0.15) is 18.9 Å². The number of amides is 1. The number of benzene rings is 1. The molecule has 0 radical (unpaired) electrons. The van der Waals surface area contributed by atoms with Gasteiger partial charge in [-0.15, -0.1) is 0 Å². The third-order valence-corrected chi connectivity index (χ3v) is 3.35. The lowest BCUT2D eigenvalue weighted by Gasteiger charge is -2.18. The molecule has 1 fully saturated rings. The van der Waals surface area contributed by atoms with Crippen LogP contribution in [-0.2, 0) is 11.3 Å². The smallest absolute Gasteiger partial charge is 0.221 e. The van der Waals surface area contributed by atoms with E-state index in [0.29, 0.717) is 5.92 Å². The highest BCUT2D eigenvalue weighted by Crippen LogP contribution is 2.22. The fourth-order valence-corrected chi connectivity index (χ4v) is 2.42. The third-order valence-electron chi connectivity index (χ3n) is 3.35. The van der Waals surface area contributed by atoms with Crippen molar-refractivity contribution in [1.82, 2.24) is 4.90 Å². The van der Waals surface area contributed by atoms with Gasteiger partial charge < -0.3 is 10.4 Å². The molecule has 1 aromatic rings. The first-order valence-corrected chi connectivity index (χ1v) is 6.37. The fraction of sp³-hybridized carbons (Fsp3) is 0.500. The van der Waals surface area contributed by atoms with Crippen molar-refractivity contribution in [3.05, 3.63) is 29.8 Å². The molecule has 1 unspecified atom stereocenters. The summed E-state index contributed by atoms with van der Waals surface area (Å²) in [5, 5.41) is 12.0. The fourth-order valence-electron chi connectivity index (χ4n) is 2.42. The number of aliphatic hydroxyl groups excluding tert-OH is 1. The Morgan fingerprint density at radius 3 is 2.94 bits per heavy atom. The number of hydrogen-bond donors (Lipinski definition) is 2. The van der Waals surface area contributed by atoms with Gasteiger partial charge in [-0.2, -0.15) is 0 Å². The molecule has 0 saturated carbocycles. The van der Waals surface area contributed by atoms with E-state index in [-0.39, 0.29) is 12.5 Å². The maximum absolute atomic E-state index is 11.1. The predicted octanol–water partition coefficient (Wildman–Crippen LogP) is 1.46. The molecule has 0 aliphatic carbocycles. The summed E-state index contributed by atoms with van der Waals surface area (Å²) in [5.41, 5.74) is 2.02. The van der Waals surface area contributed by atoms with E-state index in [0.717, 1.165) is 37.3 Å². The van der Waals surface area contributed by atoms with Gasteiger partial charge in [-0.05, 0) is 30.5 Å². The second-order valence-corrected chi connectivity index (χ2v) is 4.91. The zero-order valence-electron chi connectivity index (χ0n) is 10.7. The highest BCUT2D eigenvalue weighted by Gasteiger charge is 2.22. The molecule has 2 N–H and O–H groups in total. The van der Waals surface area contributed by atoms with Gasteiger partial charge in [0.2, 0.25) is 5.91 Å². The molecule has 1 aromatic carbocycles. The molecule has 0 aromatic heterocycles. The first-order valence-electron chi connectivity index (χ1n) is 6.37. The van der Waals surface area contributed by atoms with Crippen LogP contribution in [0.2, 0.25) is 0 Å². The second-order valence-electron chi connectivity index (χ2n) is 4.91. The Kier molecular flexibility index (Phi) is 4.33. The van der Waals surface area contributed by atoms with E-state index in [1.54, 1.807) is 0 Å². The molecule has 1 atom stereocenters. The minimum Gasteiger partial charge on any atom is -0.396 e. The average Bonchev–Trinajstić information content (AvgIpc) is 2.79. The van der Waals surface area contributed by atoms with E-state index < -0.39 is 0 Å². The average molecular weight is 248 g/mol. The van der Waals surface area contributed by atoms with Crippen LogP contribution in [0.4, 0.5) is 5.69 Å². The van der Waals surface area contributed by atoms with Crippen LogP contribution >= 0.6 is 0 Å². The van der Waals surface area contributed by atoms with Gasteiger partial charge in [0.1, 0.15) is 0 Å². The second kappa shape index (κ2) is 5.98. The number of carbonyl (C=O) groups excluding carboxylic acids is 1. The number of anilines is 1. The van der Waals surface area contributed by atoms with Crippen LogP contribution in [0.3, 0.4) is 0 Å². The Labute approximate surface area is 108 Å². The summed E-state index contributed by atoms with van der Waals surface area (Å²) in [6.07, 6.45) is 1.05. The highest BCUT2D eigenvalue weighted by atomic mass is 16.3. The lowest BCUT2D eigenvalue weighted by Crippen LogP contribution is -2.22. The van der Waals surface area contributed by atoms with Gasteiger partial charge in [0.05, 0.1) is 0 Å². The summed E-state index contributed by atoms with van der Waals surface area (Å²) < 4.78 is 0. The Morgan fingerprint density at radius 2 is 2.28 bits per heavy atom. The molecule has 0 bridgehead atoms. The van der Waals surface area contributed by atoms with Gasteiger partial charge in [0.25, 0.3) is 0 Å². The molecular formula is C14H20N2O2. The molecule has 18 heavy (non-hydrogen) atoms. The van der Waals surface area contributed by atoms with Crippen molar-refractivity contribution in [3.63, 3.8) is 0 Å². The summed E-state index contributed by atoms with van der Waals surface area (Å²) in [6, 6.07) is 7.88. The molecule has 1 aliphatic rings. The van der Waals surface area contributed by atoms with Crippen LogP contribution in [0.5, 0.6) is 0 Å². The number of rotatable bonds is 4. The number of nitrogens with zero attached hydrogens (tertiary/aromatic N) is 1. The van der Waals surface area contributed by atoms with Crippen LogP contribution in [-0.4, -0.2) is 35.6 Å². The Bertz CT molecular complexity index is 420. The van der Waals surface area contributed by atoms with E-state index in [9.17, 15) is 4.79 Å². The van der Waals surface area contributed by atoms with E-state index in [1.165, 1.54) is 6.92 Å². The zero-order chi connectivity index (χ0) is 13.0. The summed E-state index contributed by atoms with van der Waals surface area (Å²) in [6.45, 7) is 4.57. The number of likely N-dealkylation sites (tertiary alicyclic amines) is 1. The molecule has 98 valence electrons. The van der Waals surface area contributed by atoms with Crippen LogP contribution in [0.25, 0.3) is 0 Å². The van der Waals surface area contributed by atoms with E-state index in [4.69, 9.17) is 5.11 Å². The van der Waals surface area contributed by atoms with Crippen LogP contribution < -0.4 is 5.32 Å². The SMILES string of the molecule is CC(=O)Nc1ccccc1CN1CCC(CO)C1. The summed E-state index contributed by atoms with van der Waals surface area (Å²) in [4.78, 5) is 13.5. The van der Waals surface area contributed by atoms with Crippen molar-refractivity contribution >= 4 is 11.6 Å². The zero-order valence-corrected chi connectivity index (χ0v) is 10.7. The quantitative estimate of drug-likeness (QED) is 0.848.